The van der Waals surface area contributed by atoms with Crippen molar-refractivity contribution < 1.29 is 23.1 Å². The van der Waals surface area contributed by atoms with Gasteiger partial charge in [0, 0.05) is 28.5 Å². The third-order valence-corrected chi connectivity index (χ3v) is 5.93. The number of fused-ring (bicyclic) bond motifs is 2. The molecule has 4 aromatic rings. The highest BCUT2D eigenvalue weighted by atomic mass is 19.1. The zero-order chi connectivity index (χ0) is 23.4. The Labute approximate surface area is 187 Å². The van der Waals surface area contributed by atoms with Gasteiger partial charge in [-0.05, 0) is 71.1 Å². The molecule has 0 saturated heterocycles. The molecule has 7 heteroatoms. The molecular formula is C26H19F3N2O2. The van der Waals surface area contributed by atoms with Crippen LogP contribution >= 0.6 is 0 Å². The average Bonchev–Trinajstić information content (AvgIpc) is 3.33. The molecule has 2 heterocycles. The van der Waals surface area contributed by atoms with E-state index in [0.717, 1.165) is 39.9 Å². The number of halogens is 3. The Morgan fingerprint density at radius 1 is 1.03 bits per heavy atom. The van der Waals surface area contributed by atoms with Crippen LogP contribution in [0, 0.1) is 17.5 Å². The van der Waals surface area contributed by atoms with Crippen molar-refractivity contribution >= 4 is 23.1 Å². The topological polar surface area (TPSA) is 54.6 Å². The van der Waals surface area contributed by atoms with Crippen molar-refractivity contribution in [3.05, 3.63) is 88.4 Å². The van der Waals surface area contributed by atoms with Gasteiger partial charge in [-0.2, -0.15) is 0 Å². The van der Waals surface area contributed by atoms with Gasteiger partial charge in [0.05, 0.1) is 12.1 Å². The van der Waals surface area contributed by atoms with E-state index in [-0.39, 0.29) is 17.3 Å². The van der Waals surface area contributed by atoms with Crippen molar-refractivity contribution in [3.63, 3.8) is 0 Å². The molecule has 1 N–H and O–H groups in total. The number of nitrogens with zero attached hydrogens (tertiary/aromatic N) is 2. The number of rotatable bonds is 4. The average molecular weight is 448 g/mol. The van der Waals surface area contributed by atoms with Crippen LogP contribution < -0.4 is 0 Å². The zero-order valence-corrected chi connectivity index (χ0v) is 17.9. The fourth-order valence-electron chi connectivity index (χ4n) is 4.55. The van der Waals surface area contributed by atoms with Crippen molar-refractivity contribution in [1.82, 2.24) is 4.57 Å². The normalized spacial score (nSPS) is 12.7. The molecule has 0 fully saturated rings. The van der Waals surface area contributed by atoms with Gasteiger partial charge in [0.25, 0.3) is 0 Å². The van der Waals surface area contributed by atoms with Crippen molar-refractivity contribution in [2.45, 2.75) is 26.3 Å². The van der Waals surface area contributed by atoms with Crippen LogP contribution in [0.15, 0.2) is 53.5 Å². The van der Waals surface area contributed by atoms with E-state index < -0.39 is 23.2 Å². The summed E-state index contributed by atoms with van der Waals surface area (Å²) in [4.78, 5) is 15.6. The maximum Gasteiger partial charge on any atom is 0.341 e. The van der Waals surface area contributed by atoms with E-state index in [1.165, 1.54) is 12.1 Å². The highest BCUT2D eigenvalue weighted by Crippen LogP contribution is 2.42. The SMILES string of the molecule is CC(C)c1c(-c2cc(F)c(C(=O)O)c(F)c2)c2cc3c(cc2n1-c1ccc(F)cc1)C=NC3. The highest BCUT2D eigenvalue weighted by molar-refractivity contribution is 6.03. The van der Waals surface area contributed by atoms with Gasteiger partial charge in [-0.25, -0.2) is 18.0 Å². The van der Waals surface area contributed by atoms with E-state index in [4.69, 9.17) is 0 Å². The second-order valence-corrected chi connectivity index (χ2v) is 8.38. The van der Waals surface area contributed by atoms with Gasteiger partial charge in [-0.1, -0.05) is 13.8 Å². The summed E-state index contributed by atoms with van der Waals surface area (Å²) in [6.45, 7) is 4.43. The van der Waals surface area contributed by atoms with E-state index in [1.54, 1.807) is 18.3 Å². The van der Waals surface area contributed by atoms with Crippen LogP contribution in [-0.2, 0) is 6.54 Å². The summed E-state index contributed by atoms with van der Waals surface area (Å²) in [6, 6.07) is 12.1. The molecule has 0 radical (unpaired) electrons. The maximum atomic E-state index is 14.7. The Hall–Kier alpha value is -3.87. The summed E-state index contributed by atoms with van der Waals surface area (Å²) in [5.41, 5.74) is 4.06. The van der Waals surface area contributed by atoms with Crippen LogP contribution in [0.25, 0.3) is 27.7 Å². The van der Waals surface area contributed by atoms with Gasteiger partial charge in [-0.3, -0.25) is 4.99 Å². The number of aliphatic imine (C=N–C) groups is 1. The molecule has 0 spiro atoms. The molecule has 1 aliphatic heterocycles. The molecule has 166 valence electrons. The lowest BCUT2D eigenvalue weighted by atomic mass is 9.94. The largest absolute Gasteiger partial charge is 0.477 e. The standard InChI is InChI=1S/C26H19F3N2O2/c1-13(2)25-23(14-8-20(28)24(26(32)33)21(29)9-14)19-7-15-11-30-12-16(15)10-22(19)31(25)18-5-3-17(27)4-6-18/h3-10,12-13H,11H2,1-2H3,(H,32,33). The Bertz CT molecular complexity index is 1440. The Morgan fingerprint density at radius 2 is 1.70 bits per heavy atom. The molecule has 0 aliphatic carbocycles. The molecule has 4 nitrogen and oxygen atoms in total. The first kappa shape index (κ1) is 21.0. The highest BCUT2D eigenvalue weighted by Gasteiger charge is 2.26. The van der Waals surface area contributed by atoms with Crippen LogP contribution in [0.4, 0.5) is 13.2 Å². The van der Waals surface area contributed by atoms with Crippen LogP contribution in [-0.4, -0.2) is 21.9 Å². The summed E-state index contributed by atoms with van der Waals surface area (Å²) in [5, 5.41) is 9.93. The van der Waals surface area contributed by atoms with Crippen LogP contribution in [0.3, 0.4) is 0 Å². The van der Waals surface area contributed by atoms with E-state index in [0.29, 0.717) is 17.8 Å². The predicted octanol–water partition coefficient (Wildman–Crippen LogP) is 6.47. The lowest BCUT2D eigenvalue weighted by molar-refractivity contribution is 0.0686. The molecular weight excluding hydrogens is 429 g/mol. The summed E-state index contributed by atoms with van der Waals surface area (Å²) >= 11 is 0. The zero-order valence-electron chi connectivity index (χ0n) is 17.9. The number of aromatic nitrogens is 1. The molecule has 3 aromatic carbocycles. The van der Waals surface area contributed by atoms with Crippen molar-refractivity contribution in [3.8, 4) is 16.8 Å². The first-order valence-corrected chi connectivity index (χ1v) is 10.5. The van der Waals surface area contributed by atoms with Gasteiger partial charge in [0.2, 0.25) is 0 Å². The number of carboxylic acids is 1. The Kier molecular flexibility index (Phi) is 4.85. The molecule has 0 amide bonds. The van der Waals surface area contributed by atoms with Crippen molar-refractivity contribution in [2.75, 3.05) is 0 Å². The van der Waals surface area contributed by atoms with Crippen molar-refractivity contribution in [1.29, 1.82) is 0 Å². The monoisotopic (exact) mass is 448 g/mol. The Morgan fingerprint density at radius 3 is 2.30 bits per heavy atom. The quantitative estimate of drug-likeness (QED) is 0.389. The molecule has 0 bridgehead atoms. The van der Waals surface area contributed by atoms with Gasteiger partial charge in [0.15, 0.2) is 0 Å². The van der Waals surface area contributed by atoms with Crippen LogP contribution in [0.5, 0.6) is 0 Å². The van der Waals surface area contributed by atoms with Gasteiger partial charge in [0.1, 0.15) is 23.0 Å². The van der Waals surface area contributed by atoms with Gasteiger partial charge >= 0.3 is 5.97 Å². The van der Waals surface area contributed by atoms with Crippen LogP contribution in [0.1, 0.15) is 46.9 Å². The molecule has 5 rings (SSSR count). The predicted molar refractivity (Wildman–Crippen MR) is 121 cm³/mol. The molecule has 0 unspecified atom stereocenters. The number of benzene rings is 3. The van der Waals surface area contributed by atoms with E-state index >= 15 is 0 Å². The Balaban J connectivity index is 1.91. The number of hydrogen-bond donors (Lipinski definition) is 1. The van der Waals surface area contributed by atoms with Crippen LogP contribution in [0.2, 0.25) is 0 Å². The summed E-state index contributed by atoms with van der Waals surface area (Å²) in [6.07, 6.45) is 1.78. The molecule has 0 atom stereocenters. The molecule has 0 saturated carbocycles. The third-order valence-electron chi connectivity index (χ3n) is 5.93. The third kappa shape index (κ3) is 3.31. The molecule has 33 heavy (non-hydrogen) atoms. The molecule has 1 aromatic heterocycles. The molecule has 1 aliphatic rings. The second kappa shape index (κ2) is 7.62. The van der Waals surface area contributed by atoms with E-state index in [9.17, 15) is 23.1 Å². The minimum absolute atomic E-state index is 0.0776. The second-order valence-electron chi connectivity index (χ2n) is 8.38. The fraction of sp³-hybridized carbons (Fsp3) is 0.154. The number of carbonyl (C=O) groups is 1. The smallest absolute Gasteiger partial charge is 0.341 e. The number of hydrogen-bond acceptors (Lipinski definition) is 2. The fourth-order valence-corrected chi connectivity index (χ4v) is 4.55. The lowest BCUT2D eigenvalue weighted by Crippen LogP contribution is -2.06. The lowest BCUT2D eigenvalue weighted by Gasteiger charge is -2.16. The first-order valence-electron chi connectivity index (χ1n) is 10.5. The maximum absolute atomic E-state index is 14.7. The van der Waals surface area contributed by atoms with Gasteiger partial charge < -0.3 is 9.67 Å². The minimum Gasteiger partial charge on any atom is -0.477 e. The number of aromatic carboxylic acids is 1. The van der Waals surface area contributed by atoms with E-state index in [1.807, 2.05) is 30.5 Å². The van der Waals surface area contributed by atoms with Gasteiger partial charge in [-0.15, -0.1) is 0 Å². The summed E-state index contributed by atoms with van der Waals surface area (Å²) in [7, 11) is 0. The minimum atomic E-state index is -1.66. The van der Waals surface area contributed by atoms with Crippen molar-refractivity contribution in [2.24, 2.45) is 4.99 Å². The summed E-state index contributed by atoms with van der Waals surface area (Å²) < 4.78 is 45.0. The number of carboxylic acid groups (broad SMARTS) is 1. The first-order chi connectivity index (χ1) is 15.8. The summed E-state index contributed by atoms with van der Waals surface area (Å²) in [5.74, 6) is -4.39. The van der Waals surface area contributed by atoms with E-state index in [2.05, 4.69) is 4.99 Å².